The molecule has 3 aliphatic heterocycles. The number of rotatable bonds is 6. The molecule has 2 atom stereocenters. The summed E-state index contributed by atoms with van der Waals surface area (Å²) in [5.41, 5.74) is 6.37. The highest BCUT2D eigenvalue weighted by Gasteiger charge is 2.44. The van der Waals surface area contributed by atoms with Gasteiger partial charge in [-0.2, -0.15) is 4.31 Å². The molecule has 4 rings (SSSR count). The molecule has 12 nitrogen and oxygen atoms in total. The van der Waals surface area contributed by atoms with Crippen LogP contribution in [0.15, 0.2) is 24.3 Å². The number of urea groups is 1. The van der Waals surface area contributed by atoms with Crippen LogP contribution in [0, 0.1) is 5.92 Å². The van der Waals surface area contributed by atoms with E-state index in [0.717, 1.165) is 12.8 Å². The number of carboxylic acid groups (broad SMARTS) is 1. The van der Waals surface area contributed by atoms with Crippen molar-refractivity contribution in [2.75, 3.05) is 63.9 Å². The van der Waals surface area contributed by atoms with Crippen molar-refractivity contribution in [2.45, 2.75) is 31.3 Å². The van der Waals surface area contributed by atoms with Gasteiger partial charge in [-0.25, -0.2) is 18.0 Å². The highest BCUT2D eigenvalue weighted by atomic mass is 32.2. The zero-order chi connectivity index (χ0) is 26.7. The SMILES string of the molecule is CS(=O)(=O)N1CCN([C@H]2CC(C(=O)Nc3ccc(C(=O)O)cc3)N(C(=O)N3CCC(CN)CC3)C2)CC1. The second kappa shape index (κ2) is 11.3. The molecule has 4 N–H and O–H groups in total. The van der Waals surface area contributed by atoms with Crippen LogP contribution in [0.3, 0.4) is 0 Å². The summed E-state index contributed by atoms with van der Waals surface area (Å²) < 4.78 is 25.3. The molecular formula is C24H36N6O6S. The average Bonchev–Trinajstić information content (AvgIpc) is 3.34. The lowest BCUT2D eigenvalue weighted by Gasteiger charge is -2.37. The van der Waals surface area contributed by atoms with E-state index >= 15 is 0 Å². The summed E-state index contributed by atoms with van der Waals surface area (Å²) in [7, 11) is -3.26. The second-order valence-electron chi connectivity index (χ2n) is 10.1. The topological polar surface area (TPSA) is 157 Å². The standard InChI is InChI=1S/C24H36N6O6S/c1-37(35,36)29-12-10-27(11-13-29)20-14-21(22(31)26-19-4-2-18(3-5-19)23(32)33)30(16-20)24(34)28-8-6-17(15-25)7-9-28/h2-5,17,20-21H,6-16,25H2,1H3,(H,26,31)(H,32,33)/t20-,21?/m0/s1. The molecule has 1 unspecified atom stereocenters. The number of benzene rings is 1. The molecule has 204 valence electrons. The Bertz CT molecular complexity index is 1100. The molecule has 1 aromatic carbocycles. The number of carbonyl (C=O) groups is 3. The lowest BCUT2D eigenvalue weighted by atomic mass is 9.97. The molecule has 0 spiro atoms. The van der Waals surface area contributed by atoms with Gasteiger partial charge in [0.05, 0.1) is 11.8 Å². The van der Waals surface area contributed by atoms with Crippen LogP contribution >= 0.6 is 0 Å². The first-order valence-electron chi connectivity index (χ1n) is 12.7. The number of amides is 3. The first-order valence-corrected chi connectivity index (χ1v) is 14.5. The van der Waals surface area contributed by atoms with E-state index in [1.54, 1.807) is 9.80 Å². The van der Waals surface area contributed by atoms with Crippen LogP contribution in [-0.4, -0.2) is 121 Å². The molecule has 3 saturated heterocycles. The van der Waals surface area contributed by atoms with Crippen LogP contribution in [0.2, 0.25) is 0 Å². The number of hydrogen-bond acceptors (Lipinski definition) is 7. The molecule has 1 aromatic rings. The monoisotopic (exact) mass is 536 g/mol. The van der Waals surface area contributed by atoms with Gasteiger partial charge < -0.3 is 26.0 Å². The summed E-state index contributed by atoms with van der Waals surface area (Å²) in [6.07, 6.45) is 3.30. The minimum Gasteiger partial charge on any atom is -0.478 e. The van der Waals surface area contributed by atoms with Gasteiger partial charge >= 0.3 is 12.0 Å². The zero-order valence-electron chi connectivity index (χ0n) is 21.1. The number of carboxylic acids is 1. The lowest BCUT2D eigenvalue weighted by molar-refractivity contribution is -0.119. The van der Waals surface area contributed by atoms with E-state index in [1.165, 1.54) is 34.8 Å². The number of nitrogens with two attached hydrogens (primary N) is 1. The highest BCUT2D eigenvalue weighted by molar-refractivity contribution is 7.88. The Morgan fingerprint density at radius 1 is 1.03 bits per heavy atom. The number of aromatic carboxylic acids is 1. The van der Waals surface area contributed by atoms with Crippen molar-refractivity contribution in [1.29, 1.82) is 0 Å². The minimum atomic E-state index is -3.26. The van der Waals surface area contributed by atoms with Gasteiger partial charge in [-0.3, -0.25) is 9.69 Å². The molecule has 3 aliphatic rings. The quantitative estimate of drug-likeness (QED) is 0.463. The van der Waals surface area contributed by atoms with Crippen molar-refractivity contribution in [2.24, 2.45) is 11.7 Å². The summed E-state index contributed by atoms with van der Waals surface area (Å²) in [5, 5.41) is 11.9. The Kier molecular flexibility index (Phi) is 8.36. The van der Waals surface area contributed by atoms with Crippen molar-refractivity contribution in [1.82, 2.24) is 19.0 Å². The predicted octanol–water partition coefficient (Wildman–Crippen LogP) is 0.134. The molecule has 0 saturated carbocycles. The smallest absolute Gasteiger partial charge is 0.335 e. The Hall–Kier alpha value is -2.74. The Labute approximate surface area is 217 Å². The van der Waals surface area contributed by atoms with Gasteiger partial charge in [-0.05, 0) is 56.0 Å². The number of carbonyl (C=O) groups excluding carboxylic acids is 2. The fourth-order valence-corrected chi connectivity index (χ4v) is 6.23. The maximum absolute atomic E-state index is 13.6. The number of likely N-dealkylation sites (tertiary alicyclic amines) is 2. The zero-order valence-corrected chi connectivity index (χ0v) is 21.9. The summed E-state index contributed by atoms with van der Waals surface area (Å²) in [5.74, 6) is -0.984. The van der Waals surface area contributed by atoms with Crippen LogP contribution in [0.25, 0.3) is 0 Å². The van der Waals surface area contributed by atoms with Crippen LogP contribution in [0.4, 0.5) is 10.5 Å². The number of piperazine rings is 1. The predicted molar refractivity (Wildman–Crippen MR) is 138 cm³/mol. The Morgan fingerprint density at radius 2 is 1.65 bits per heavy atom. The van der Waals surface area contributed by atoms with E-state index in [2.05, 4.69) is 10.2 Å². The number of piperidine rings is 1. The van der Waals surface area contributed by atoms with Gasteiger partial charge in [0.15, 0.2) is 0 Å². The summed E-state index contributed by atoms with van der Waals surface area (Å²) in [4.78, 5) is 43.7. The van der Waals surface area contributed by atoms with Crippen molar-refractivity contribution < 1.29 is 27.9 Å². The van der Waals surface area contributed by atoms with Gasteiger partial charge in [0.2, 0.25) is 15.9 Å². The van der Waals surface area contributed by atoms with E-state index in [9.17, 15) is 22.8 Å². The van der Waals surface area contributed by atoms with Gasteiger partial charge in [0, 0.05) is 57.5 Å². The average molecular weight is 537 g/mol. The van der Waals surface area contributed by atoms with E-state index in [-0.39, 0.29) is 23.5 Å². The maximum atomic E-state index is 13.6. The molecule has 3 amide bonds. The van der Waals surface area contributed by atoms with Crippen molar-refractivity contribution >= 4 is 33.6 Å². The van der Waals surface area contributed by atoms with Crippen molar-refractivity contribution in [3.8, 4) is 0 Å². The molecule has 13 heteroatoms. The first-order chi connectivity index (χ1) is 17.6. The first kappa shape index (κ1) is 27.3. The number of nitrogens with one attached hydrogen (secondary N) is 1. The fourth-order valence-electron chi connectivity index (χ4n) is 5.40. The number of hydrogen-bond donors (Lipinski definition) is 3. The van der Waals surface area contributed by atoms with E-state index in [0.29, 0.717) is 70.4 Å². The minimum absolute atomic E-state index is 0.0719. The fraction of sp³-hybridized carbons (Fsp3) is 0.625. The molecular weight excluding hydrogens is 500 g/mol. The lowest BCUT2D eigenvalue weighted by Crippen LogP contribution is -2.53. The molecule has 0 radical (unpaired) electrons. The third-order valence-electron chi connectivity index (χ3n) is 7.70. The Balaban J connectivity index is 1.47. The van der Waals surface area contributed by atoms with Gasteiger partial charge in [-0.15, -0.1) is 0 Å². The molecule has 3 fully saturated rings. The third-order valence-corrected chi connectivity index (χ3v) is 9.01. The highest BCUT2D eigenvalue weighted by Crippen LogP contribution is 2.28. The van der Waals surface area contributed by atoms with Crippen LogP contribution in [0.5, 0.6) is 0 Å². The summed E-state index contributed by atoms with van der Waals surface area (Å²) in [6, 6.07) is 4.95. The van der Waals surface area contributed by atoms with E-state index in [4.69, 9.17) is 10.8 Å². The van der Waals surface area contributed by atoms with E-state index in [1.807, 2.05) is 0 Å². The van der Waals surface area contributed by atoms with Gasteiger partial charge in [0.25, 0.3) is 0 Å². The largest absolute Gasteiger partial charge is 0.478 e. The van der Waals surface area contributed by atoms with Gasteiger partial charge in [0.1, 0.15) is 6.04 Å². The Morgan fingerprint density at radius 3 is 2.19 bits per heavy atom. The van der Waals surface area contributed by atoms with Crippen molar-refractivity contribution in [3.05, 3.63) is 29.8 Å². The van der Waals surface area contributed by atoms with Crippen LogP contribution < -0.4 is 11.1 Å². The molecule has 0 aliphatic carbocycles. The maximum Gasteiger partial charge on any atom is 0.335 e. The normalized spacial score (nSPS) is 24.3. The summed E-state index contributed by atoms with van der Waals surface area (Å²) in [6.45, 7) is 3.99. The second-order valence-corrected chi connectivity index (χ2v) is 12.1. The molecule has 3 heterocycles. The number of anilines is 1. The molecule has 37 heavy (non-hydrogen) atoms. The number of nitrogens with zero attached hydrogens (tertiary/aromatic N) is 4. The van der Waals surface area contributed by atoms with Crippen LogP contribution in [0.1, 0.15) is 29.6 Å². The molecule has 0 bridgehead atoms. The summed E-state index contributed by atoms with van der Waals surface area (Å²) >= 11 is 0. The van der Waals surface area contributed by atoms with Crippen molar-refractivity contribution in [3.63, 3.8) is 0 Å². The van der Waals surface area contributed by atoms with Gasteiger partial charge in [-0.1, -0.05) is 0 Å². The molecule has 0 aromatic heterocycles. The number of sulfonamides is 1. The third kappa shape index (κ3) is 6.40. The van der Waals surface area contributed by atoms with Crippen LogP contribution in [-0.2, 0) is 14.8 Å². The van der Waals surface area contributed by atoms with E-state index < -0.39 is 22.0 Å².